The number of amides is 1. The van der Waals surface area contributed by atoms with Crippen LogP contribution in [0.25, 0.3) is 0 Å². The molecule has 19 heavy (non-hydrogen) atoms. The number of nitrogens with zero attached hydrogens (tertiary/aromatic N) is 1. The summed E-state index contributed by atoms with van der Waals surface area (Å²) >= 11 is 0. The second-order valence-corrected chi connectivity index (χ2v) is 4.13. The average Bonchev–Trinajstić information content (AvgIpc) is 2.81. The van der Waals surface area contributed by atoms with Gasteiger partial charge in [-0.3, -0.25) is 9.89 Å². The Balaban J connectivity index is 2.14. The van der Waals surface area contributed by atoms with E-state index in [9.17, 15) is 4.79 Å². The van der Waals surface area contributed by atoms with Crippen molar-refractivity contribution in [3.63, 3.8) is 0 Å². The Morgan fingerprint density at radius 2 is 2.32 bits per heavy atom. The molecule has 6 nitrogen and oxygen atoms in total. The van der Waals surface area contributed by atoms with Gasteiger partial charge in [0.1, 0.15) is 11.3 Å². The Morgan fingerprint density at radius 3 is 2.95 bits per heavy atom. The third-order valence-corrected chi connectivity index (χ3v) is 2.88. The van der Waals surface area contributed by atoms with Crippen LogP contribution < -0.4 is 15.8 Å². The lowest BCUT2D eigenvalue weighted by molar-refractivity contribution is 0.0949. The van der Waals surface area contributed by atoms with Crippen molar-refractivity contribution in [1.29, 1.82) is 0 Å². The molecule has 0 saturated heterocycles. The van der Waals surface area contributed by atoms with Gasteiger partial charge in [-0.1, -0.05) is 6.07 Å². The summed E-state index contributed by atoms with van der Waals surface area (Å²) in [6, 6.07) is 5.11. The second-order valence-electron chi connectivity index (χ2n) is 4.13. The summed E-state index contributed by atoms with van der Waals surface area (Å²) in [4.78, 5) is 12.2. The summed E-state index contributed by atoms with van der Waals surface area (Å²) in [5, 5.41) is 9.51. The summed E-state index contributed by atoms with van der Waals surface area (Å²) in [6.45, 7) is 2.28. The summed E-state index contributed by atoms with van der Waals surface area (Å²) in [5.41, 5.74) is 8.42. The van der Waals surface area contributed by atoms with Gasteiger partial charge in [-0.15, -0.1) is 0 Å². The maximum absolute atomic E-state index is 12.2. The number of benzene rings is 1. The van der Waals surface area contributed by atoms with Crippen LogP contribution in [0.15, 0.2) is 24.4 Å². The molecule has 0 aliphatic carbocycles. The minimum Gasteiger partial charge on any atom is -0.496 e. The Morgan fingerprint density at radius 1 is 1.53 bits per heavy atom. The molecule has 1 heterocycles. The molecule has 0 bridgehead atoms. The Kier molecular flexibility index (Phi) is 3.70. The molecule has 0 saturated carbocycles. The monoisotopic (exact) mass is 260 g/mol. The maximum atomic E-state index is 12.2. The van der Waals surface area contributed by atoms with Crippen molar-refractivity contribution in [3.8, 4) is 5.75 Å². The molecule has 6 heteroatoms. The summed E-state index contributed by atoms with van der Waals surface area (Å²) in [6.07, 6.45) is 1.68. The van der Waals surface area contributed by atoms with Gasteiger partial charge in [-0.05, 0) is 19.1 Å². The van der Waals surface area contributed by atoms with Crippen molar-refractivity contribution in [3.05, 3.63) is 41.2 Å². The molecule has 4 N–H and O–H groups in total. The molecule has 1 aromatic heterocycles. The molecular formula is C13H16N4O2. The minimum atomic E-state index is -0.268. The number of aryl methyl sites for hydroxylation is 1. The number of aromatic nitrogens is 2. The third kappa shape index (κ3) is 2.67. The molecule has 2 rings (SSSR count). The van der Waals surface area contributed by atoms with Crippen molar-refractivity contribution >= 4 is 11.6 Å². The summed E-state index contributed by atoms with van der Waals surface area (Å²) in [7, 11) is 1.51. The molecule has 100 valence electrons. The van der Waals surface area contributed by atoms with Crippen molar-refractivity contribution in [2.45, 2.75) is 13.5 Å². The van der Waals surface area contributed by atoms with Gasteiger partial charge < -0.3 is 15.8 Å². The Hall–Kier alpha value is -2.50. The van der Waals surface area contributed by atoms with E-state index < -0.39 is 0 Å². The van der Waals surface area contributed by atoms with Gasteiger partial charge in [0.15, 0.2) is 0 Å². The molecule has 0 fully saturated rings. The molecule has 0 aliphatic rings. The van der Waals surface area contributed by atoms with E-state index in [0.29, 0.717) is 23.5 Å². The fraction of sp³-hybridized carbons (Fsp3) is 0.231. The number of aromatic amines is 1. The van der Waals surface area contributed by atoms with Gasteiger partial charge in [-0.25, -0.2) is 0 Å². The van der Waals surface area contributed by atoms with Gasteiger partial charge in [0.2, 0.25) is 0 Å². The van der Waals surface area contributed by atoms with Crippen LogP contribution in [0.1, 0.15) is 21.6 Å². The first-order valence-corrected chi connectivity index (χ1v) is 5.83. The Labute approximate surface area is 111 Å². The lowest BCUT2D eigenvalue weighted by Crippen LogP contribution is -2.24. The van der Waals surface area contributed by atoms with Crippen LogP contribution in [0.5, 0.6) is 5.75 Å². The van der Waals surface area contributed by atoms with Gasteiger partial charge >= 0.3 is 0 Å². The predicted octanol–water partition coefficient (Wildman–Crippen LogP) is 1.24. The van der Waals surface area contributed by atoms with Crippen LogP contribution in [0.4, 0.5) is 5.69 Å². The highest BCUT2D eigenvalue weighted by Gasteiger charge is 2.15. The molecule has 0 radical (unpaired) electrons. The van der Waals surface area contributed by atoms with Gasteiger partial charge in [0.05, 0.1) is 13.3 Å². The second kappa shape index (κ2) is 5.43. The van der Waals surface area contributed by atoms with E-state index in [4.69, 9.17) is 10.5 Å². The van der Waals surface area contributed by atoms with Crippen LogP contribution in [0.2, 0.25) is 0 Å². The van der Waals surface area contributed by atoms with Gasteiger partial charge in [-0.2, -0.15) is 5.10 Å². The number of carbonyl (C=O) groups is 1. The van der Waals surface area contributed by atoms with Crippen LogP contribution in [-0.4, -0.2) is 23.2 Å². The number of hydrogen-bond acceptors (Lipinski definition) is 4. The number of rotatable bonds is 4. The molecule has 1 amide bonds. The zero-order chi connectivity index (χ0) is 13.8. The maximum Gasteiger partial charge on any atom is 0.257 e. The van der Waals surface area contributed by atoms with E-state index in [-0.39, 0.29) is 5.91 Å². The minimum absolute atomic E-state index is 0.268. The first-order valence-electron chi connectivity index (χ1n) is 5.83. The topological polar surface area (TPSA) is 93.0 Å². The highest BCUT2D eigenvalue weighted by molar-refractivity contribution is 6.01. The normalized spacial score (nSPS) is 10.2. The van der Waals surface area contributed by atoms with Crippen LogP contribution in [0.3, 0.4) is 0 Å². The zero-order valence-corrected chi connectivity index (χ0v) is 10.9. The van der Waals surface area contributed by atoms with Crippen molar-refractivity contribution in [1.82, 2.24) is 15.5 Å². The number of carbonyl (C=O) groups excluding carboxylic acids is 1. The van der Waals surface area contributed by atoms with E-state index in [1.165, 1.54) is 7.11 Å². The van der Waals surface area contributed by atoms with E-state index in [0.717, 1.165) is 11.3 Å². The van der Waals surface area contributed by atoms with E-state index in [2.05, 4.69) is 15.5 Å². The third-order valence-electron chi connectivity index (χ3n) is 2.88. The smallest absolute Gasteiger partial charge is 0.257 e. The zero-order valence-electron chi connectivity index (χ0n) is 10.9. The average molecular weight is 260 g/mol. The van der Waals surface area contributed by atoms with E-state index >= 15 is 0 Å². The number of methoxy groups -OCH3 is 1. The number of nitrogens with one attached hydrogen (secondary N) is 2. The van der Waals surface area contributed by atoms with E-state index in [1.54, 1.807) is 24.4 Å². The van der Waals surface area contributed by atoms with Crippen LogP contribution in [0, 0.1) is 6.92 Å². The molecule has 0 unspecified atom stereocenters. The molecule has 2 aromatic rings. The standard InChI is InChI=1S/C13H16N4O2/c1-8-9(7-16-17-8)6-15-13(18)12-10(14)4-3-5-11(12)19-2/h3-5,7H,6,14H2,1-2H3,(H,15,18)(H,16,17). The van der Waals surface area contributed by atoms with Crippen LogP contribution >= 0.6 is 0 Å². The molecule has 0 aliphatic heterocycles. The van der Waals surface area contributed by atoms with Gasteiger partial charge in [0, 0.05) is 23.5 Å². The fourth-order valence-electron chi connectivity index (χ4n) is 1.78. The number of hydrogen-bond donors (Lipinski definition) is 3. The largest absolute Gasteiger partial charge is 0.496 e. The first-order chi connectivity index (χ1) is 9.13. The molecule has 1 aromatic carbocycles. The predicted molar refractivity (Wildman–Crippen MR) is 71.9 cm³/mol. The SMILES string of the molecule is COc1cccc(N)c1C(=O)NCc1cn[nH]c1C. The van der Waals surface area contributed by atoms with Crippen molar-refractivity contribution in [2.24, 2.45) is 0 Å². The number of H-pyrrole nitrogens is 1. The number of nitrogens with two attached hydrogens (primary N) is 1. The molecule has 0 atom stereocenters. The highest BCUT2D eigenvalue weighted by Crippen LogP contribution is 2.23. The first kappa shape index (κ1) is 12.9. The van der Waals surface area contributed by atoms with Crippen molar-refractivity contribution in [2.75, 3.05) is 12.8 Å². The number of ether oxygens (including phenoxy) is 1. The lowest BCUT2D eigenvalue weighted by Gasteiger charge is -2.11. The van der Waals surface area contributed by atoms with Gasteiger partial charge in [0.25, 0.3) is 5.91 Å². The quantitative estimate of drug-likeness (QED) is 0.721. The van der Waals surface area contributed by atoms with E-state index in [1.807, 2.05) is 6.92 Å². The van der Waals surface area contributed by atoms with Crippen molar-refractivity contribution < 1.29 is 9.53 Å². The van der Waals surface area contributed by atoms with Crippen LogP contribution in [-0.2, 0) is 6.54 Å². The number of anilines is 1. The number of nitrogen functional groups attached to an aromatic ring is 1. The summed E-state index contributed by atoms with van der Waals surface area (Å²) < 4.78 is 5.15. The molecular weight excluding hydrogens is 244 g/mol. The summed E-state index contributed by atoms with van der Waals surface area (Å²) in [5.74, 6) is 0.192. The fourth-order valence-corrected chi connectivity index (χ4v) is 1.78. The lowest BCUT2D eigenvalue weighted by atomic mass is 10.1. The highest BCUT2D eigenvalue weighted by atomic mass is 16.5. The molecule has 0 spiro atoms. The Bertz CT molecular complexity index is 592.